The number of hydrogen-bond donors (Lipinski definition) is 1. The van der Waals surface area contributed by atoms with Crippen LogP contribution >= 0.6 is 11.3 Å². The number of halogens is 1. The standard InChI is InChI=1S/C27H32FN3O4S2/c1-27(2,3)18-31(26(32)33)17-23-29-24(21-11-4-5-12-22(21)28)25(36-23)37(34,35)20-10-8-9-19(15-20)16-30-13-6-7-14-30/h4-5,8-12,15H,6-7,13-14,16-18H2,1-3H3,(H,32,33). The van der Waals surface area contributed by atoms with Crippen LogP contribution in [0.2, 0.25) is 0 Å². The minimum Gasteiger partial charge on any atom is -0.465 e. The van der Waals surface area contributed by atoms with Crippen molar-refractivity contribution in [2.24, 2.45) is 5.41 Å². The smallest absolute Gasteiger partial charge is 0.407 e. The monoisotopic (exact) mass is 545 g/mol. The molecular weight excluding hydrogens is 513 g/mol. The van der Waals surface area contributed by atoms with Crippen LogP contribution in [0.1, 0.15) is 44.2 Å². The van der Waals surface area contributed by atoms with Gasteiger partial charge in [0.15, 0.2) is 4.21 Å². The van der Waals surface area contributed by atoms with Crippen LogP contribution in [-0.4, -0.2) is 54.0 Å². The van der Waals surface area contributed by atoms with Crippen molar-refractivity contribution < 1.29 is 22.7 Å². The molecule has 2 heterocycles. The second-order valence-corrected chi connectivity index (χ2v) is 13.8. The lowest BCUT2D eigenvalue weighted by atomic mass is 9.96. The van der Waals surface area contributed by atoms with E-state index in [9.17, 15) is 22.7 Å². The molecule has 0 spiro atoms. The molecule has 1 aliphatic rings. The first-order valence-corrected chi connectivity index (χ1v) is 14.5. The van der Waals surface area contributed by atoms with E-state index in [0.29, 0.717) is 6.54 Å². The fraction of sp³-hybridized carbons (Fsp3) is 0.407. The number of likely N-dealkylation sites (tertiary alicyclic amines) is 1. The van der Waals surface area contributed by atoms with E-state index in [2.05, 4.69) is 9.88 Å². The van der Waals surface area contributed by atoms with E-state index < -0.39 is 21.7 Å². The molecule has 7 nitrogen and oxygen atoms in total. The highest BCUT2D eigenvalue weighted by Gasteiger charge is 2.30. The molecule has 0 bridgehead atoms. The number of rotatable bonds is 8. The molecule has 4 rings (SSSR count). The normalized spacial score (nSPS) is 14.7. The molecule has 0 unspecified atom stereocenters. The van der Waals surface area contributed by atoms with Gasteiger partial charge in [-0.05, 0) is 61.2 Å². The Morgan fingerprint density at radius 1 is 1.14 bits per heavy atom. The zero-order chi connectivity index (χ0) is 26.8. The third-order valence-electron chi connectivity index (χ3n) is 6.09. The Balaban J connectivity index is 1.76. The van der Waals surface area contributed by atoms with Gasteiger partial charge in [-0.2, -0.15) is 0 Å². The number of carboxylic acid groups (broad SMARTS) is 1. The SMILES string of the molecule is CC(C)(C)CN(Cc1nc(-c2ccccc2F)c(S(=O)(=O)c2cccc(CN3CCCC3)c2)s1)C(=O)O. The van der Waals surface area contributed by atoms with Gasteiger partial charge in [0.05, 0.1) is 11.4 Å². The highest BCUT2D eigenvalue weighted by Crippen LogP contribution is 2.38. The van der Waals surface area contributed by atoms with Crippen LogP contribution in [0.25, 0.3) is 11.3 Å². The summed E-state index contributed by atoms with van der Waals surface area (Å²) >= 11 is 0.894. The highest BCUT2D eigenvalue weighted by molar-refractivity contribution is 7.93. The summed E-state index contributed by atoms with van der Waals surface area (Å²) < 4.78 is 42.5. The van der Waals surface area contributed by atoms with E-state index in [-0.39, 0.29) is 43.9 Å². The first-order valence-electron chi connectivity index (χ1n) is 12.2. The van der Waals surface area contributed by atoms with Gasteiger partial charge in [-0.3, -0.25) is 4.90 Å². The predicted octanol–water partition coefficient (Wildman–Crippen LogP) is 5.90. The third-order valence-corrected chi connectivity index (χ3v) is 9.39. The Morgan fingerprint density at radius 3 is 2.49 bits per heavy atom. The minimum absolute atomic E-state index is 0.00384. The average molecular weight is 546 g/mol. The molecule has 37 heavy (non-hydrogen) atoms. The lowest BCUT2D eigenvalue weighted by molar-refractivity contribution is 0.123. The Hall–Kier alpha value is -2.82. The van der Waals surface area contributed by atoms with Gasteiger partial charge in [-0.15, -0.1) is 11.3 Å². The summed E-state index contributed by atoms with van der Waals surface area (Å²) in [6.45, 7) is 8.53. The zero-order valence-corrected chi connectivity index (χ0v) is 22.9. The van der Waals surface area contributed by atoms with Gasteiger partial charge in [0, 0.05) is 18.7 Å². The lowest BCUT2D eigenvalue weighted by Gasteiger charge is -2.27. The summed E-state index contributed by atoms with van der Waals surface area (Å²) in [6, 6.07) is 12.7. The molecule has 3 aromatic rings. The average Bonchev–Trinajstić information content (AvgIpc) is 3.48. The maximum Gasteiger partial charge on any atom is 0.407 e. The molecule has 1 N–H and O–H groups in total. The molecule has 198 valence electrons. The number of carbonyl (C=O) groups is 1. The summed E-state index contributed by atoms with van der Waals surface area (Å²) in [4.78, 5) is 20.0. The van der Waals surface area contributed by atoms with Crippen molar-refractivity contribution >= 4 is 27.3 Å². The maximum atomic E-state index is 14.8. The van der Waals surface area contributed by atoms with Crippen molar-refractivity contribution in [3.05, 3.63) is 64.9 Å². The number of amides is 1. The highest BCUT2D eigenvalue weighted by atomic mass is 32.2. The van der Waals surface area contributed by atoms with Crippen LogP contribution in [0.3, 0.4) is 0 Å². The largest absolute Gasteiger partial charge is 0.465 e. The Bertz CT molecular complexity index is 1380. The van der Waals surface area contributed by atoms with E-state index in [1.54, 1.807) is 18.2 Å². The fourth-order valence-corrected chi connectivity index (χ4v) is 7.49. The first kappa shape index (κ1) is 27.2. The van der Waals surface area contributed by atoms with Gasteiger partial charge in [-0.1, -0.05) is 45.0 Å². The van der Waals surface area contributed by atoms with Crippen molar-refractivity contribution in [1.29, 1.82) is 0 Å². The summed E-state index contributed by atoms with van der Waals surface area (Å²) in [5.74, 6) is -0.594. The van der Waals surface area contributed by atoms with Crippen LogP contribution in [0.5, 0.6) is 0 Å². The van der Waals surface area contributed by atoms with Crippen molar-refractivity contribution in [2.75, 3.05) is 19.6 Å². The molecular formula is C27H32FN3O4S2. The number of nitrogens with zero attached hydrogens (tertiary/aromatic N) is 3. The summed E-state index contributed by atoms with van der Waals surface area (Å²) in [5, 5.41) is 10.0. The zero-order valence-electron chi connectivity index (χ0n) is 21.3. The molecule has 1 fully saturated rings. The molecule has 1 aliphatic heterocycles. The molecule has 0 aliphatic carbocycles. The van der Waals surface area contributed by atoms with Crippen molar-refractivity contribution in [3.8, 4) is 11.3 Å². The van der Waals surface area contributed by atoms with Gasteiger partial charge in [0.2, 0.25) is 9.84 Å². The second kappa shape index (κ2) is 10.9. The van der Waals surface area contributed by atoms with E-state index >= 15 is 0 Å². The molecule has 2 aromatic carbocycles. The Morgan fingerprint density at radius 2 is 1.84 bits per heavy atom. The van der Waals surface area contributed by atoms with Gasteiger partial charge < -0.3 is 10.0 Å². The van der Waals surface area contributed by atoms with Crippen molar-refractivity contribution in [3.63, 3.8) is 0 Å². The second-order valence-electron chi connectivity index (χ2n) is 10.6. The first-order chi connectivity index (χ1) is 17.4. The summed E-state index contributed by atoms with van der Waals surface area (Å²) in [6.07, 6.45) is 1.14. The molecule has 1 aromatic heterocycles. The van der Waals surface area contributed by atoms with Crippen molar-refractivity contribution in [2.45, 2.75) is 55.8 Å². The minimum atomic E-state index is -4.06. The number of benzene rings is 2. The number of thiazole rings is 1. The van der Waals surface area contributed by atoms with E-state index in [1.807, 2.05) is 26.8 Å². The van der Waals surface area contributed by atoms with Crippen LogP contribution in [0.4, 0.5) is 9.18 Å². The van der Waals surface area contributed by atoms with E-state index in [4.69, 9.17) is 0 Å². The van der Waals surface area contributed by atoms with Gasteiger partial charge in [-0.25, -0.2) is 22.6 Å². The summed E-state index contributed by atoms with van der Waals surface area (Å²) in [5.41, 5.74) is 0.648. The number of hydrogen-bond acceptors (Lipinski definition) is 6. The lowest BCUT2D eigenvalue weighted by Crippen LogP contribution is -2.36. The van der Waals surface area contributed by atoms with E-state index in [1.165, 1.54) is 29.2 Å². The fourth-order valence-electron chi connectivity index (χ4n) is 4.47. The topological polar surface area (TPSA) is 90.8 Å². The molecule has 0 atom stereocenters. The maximum absolute atomic E-state index is 14.8. The Labute approximate surface area is 221 Å². The van der Waals surface area contributed by atoms with Gasteiger partial charge in [0.1, 0.15) is 16.5 Å². The third kappa shape index (κ3) is 6.55. The molecule has 10 heteroatoms. The molecule has 1 amide bonds. The quantitative estimate of drug-likeness (QED) is 0.379. The molecule has 0 radical (unpaired) electrons. The van der Waals surface area contributed by atoms with Gasteiger partial charge >= 0.3 is 6.09 Å². The van der Waals surface area contributed by atoms with Crippen LogP contribution in [0, 0.1) is 11.2 Å². The van der Waals surface area contributed by atoms with Crippen molar-refractivity contribution in [1.82, 2.24) is 14.8 Å². The summed E-state index contributed by atoms with van der Waals surface area (Å²) in [7, 11) is -4.06. The van der Waals surface area contributed by atoms with E-state index in [0.717, 1.165) is 42.8 Å². The molecule has 0 saturated carbocycles. The number of sulfone groups is 1. The van der Waals surface area contributed by atoms with Crippen LogP contribution < -0.4 is 0 Å². The Kier molecular flexibility index (Phi) is 8.01. The van der Waals surface area contributed by atoms with Gasteiger partial charge in [0.25, 0.3) is 0 Å². The molecule has 1 saturated heterocycles. The van der Waals surface area contributed by atoms with Crippen LogP contribution in [-0.2, 0) is 22.9 Å². The van der Waals surface area contributed by atoms with Crippen LogP contribution in [0.15, 0.2) is 57.6 Å². The predicted molar refractivity (Wildman–Crippen MR) is 142 cm³/mol. The number of aromatic nitrogens is 1.